The van der Waals surface area contributed by atoms with Crippen LogP contribution in [0.25, 0.3) is 0 Å². The summed E-state index contributed by atoms with van der Waals surface area (Å²) in [6, 6.07) is 0. The van der Waals surface area contributed by atoms with E-state index in [1.165, 1.54) is 24.1 Å². The van der Waals surface area contributed by atoms with E-state index in [2.05, 4.69) is 10.3 Å². The first kappa shape index (κ1) is 14.0. The van der Waals surface area contributed by atoms with Crippen LogP contribution in [0.2, 0.25) is 0 Å². The number of anilines is 1. The van der Waals surface area contributed by atoms with Crippen LogP contribution < -0.4 is 5.32 Å². The molecule has 0 aromatic carbocycles. The molecule has 0 bridgehead atoms. The number of carbonyl (C=O) groups is 1. The lowest BCUT2D eigenvalue weighted by atomic mass is 9.76. The number of thiazole rings is 1. The zero-order valence-corrected chi connectivity index (χ0v) is 12.7. The van der Waals surface area contributed by atoms with E-state index in [4.69, 9.17) is 4.74 Å². The average Bonchev–Trinajstić information content (AvgIpc) is 2.86. The Labute approximate surface area is 123 Å². The highest BCUT2D eigenvalue weighted by Gasteiger charge is 2.29. The van der Waals surface area contributed by atoms with Crippen molar-refractivity contribution in [3.63, 3.8) is 0 Å². The van der Waals surface area contributed by atoms with Crippen LogP contribution in [0, 0.1) is 11.8 Å². The van der Waals surface area contributed by atoms with Gasteiger partial charge < -0.3 is 10.1 Å². The van der Waals surface area contributed by atoms with Gasteiger partial charge in [0.2, 0.25) is 5.91 Å². The van der Waals surface area contributed by atoms with Gasteiger partial charge in [0.15, 0.2) is 5.13 Å². The van der Waals surface area contributed by atoms with E-state index < -0.39 is 0 Å². The van der Waals surface area contributed by atoms with Crippen LogP contribution in [0.5, 0.6) is 0 Å². The van der Waals surface area contributed by atoms with Crippen LogP contribution in [0.3, 0.4) is 0 Å². The lowest BCUT2D eigenvalue weighted by Crippen LogP contribution is -2.30. The molecule has 1 saturated heterocycles. The molecule has 2 fully saturated rings. The van der Waals surface area contributed by atoms with Gasteiger partial charge >= 0.3 is 0 Å². The highest BCUT2D eigenvalue weighted by Crippen LogP contribution is 2.35. The molecule has 0 spiro atoms. The number of ether oxygens (including phenoxy) is 1. The second-order valence-corrected chi connectivity index (χ2v) is 6.99. The standard InChI is InChI=1S/C15H22N2O2S/c1-10(11-3-2-4-11)14(18)17-15-16-9-13(20-15)12-5-7-19-8-6-12/h9-12H,2-8H2,1H3,(H,16,17,18). The zero-order chi connectivity index (χ0) is 13.9. The average molecular weight is 294 g/mol. The normalized spacial score (nSPS) is 22.2. The number of carbonyl (C=O) groups excluding carboxylic acids is 1. The van der Waals surface area contributed by atoms with Gasteiger partial charge in [-0.25, -0.2) is 4.98 Å². The van der Waals surface area contributed by atoms with E-state index in [9.17, 15) is 4.79 Å². The van der Waals surface area contributed by atoms with Gasteiger partial charge in [-0.2, -0.15) is 0 Å². The maximum Gasteiger partial charge on any atom is 0.229 e. The minimum absolute atomic E-state index is 0.110. The van der Waals surface area contributed by atoms with Gasteiger partial charge in [-0.15, -0.1) is 11.3 Å². The third-order valence-corrected chi connectivity index (χ3v) is 5.72. The fraction of sp³-hybridized carbons (Fsp3) is 0.733. The number of nitrogens with zero attached hydrogens (tertiary/aromatic N) is 1. The molecule has 1 amide bonds. The van der Waals surface area contributed by atoms with Gasteiger partial charge in [0.05, 0.1) is 0 Å². The summed E-state index contributed by atoms with van der Waals surface area (Å²) in [4.78, 5) is 17.8. The van der Waals surface area contributed by atoms with Crippen molar-refractivity contribution in [3.8, 4) is 0 Å². The van der Waals surface area contributed by atoms with Crippen molar-refractivity contribution in [2.24, 2.45) is 11.8 Å². The Morgan fingerprint density at radius 3 is 2.80 bits per heavy atom. The fourth-order valence-electron chi connectivity index (χ4n) is 2.89. The monoisotopic (exact) mass is 294 g/mol. The first-order valence-corrected chi connectivity index (χ1v) is 8.40. The predicted molar refractivity (Wildman–Crippen MR) is 80.0 cm³/mol. The van der Waals surface area contributed by atoms with Crippen LogP contribution in [0.4, 0.5) is 5.13 Å². The smallest absolute Gasteiger partial charge is 0.229 e. The molecule has 3 rings (SSSR count). The number of hydrogen-bond acceptors (Lipinski definition) is 4. The second kappa shape index (κ2) is 6.22. The Balaban J connectivity index is 1.57. The van der Waals surface area contributed by atoms with Gasteiger partial charge in [-0.05, 0) is 37.5 Å². The molecule has 4 nitrogen and oxygen atoms in total. The molecule has 1 aromatic heterocycles. The topological polar surface area (TPSA) is 51.2 Å². The number of rotatable bonds is 4. The number of aromatic nitrogens is 1. The van der Waals surface area contributed by atoms with Gasteiger partial charge in [0.25, 0.3) is 0 Å². The third-order valence-electron chi connectivity index (χ3n) is 4.65. The van der Waals surface area contributed by atoms with E-state index >= 15 is 0 Å². The molecule has 1 aromatic rings. The largest absolute Gasteiger partial charge is 0.381 e. The molecule has 1 aliphatic carbocycles. The maximum absolute atomic E-state index is 12.2. The Morgan fingerprint density at radius 1 is 1.40 bits per heavy atom. The number of hydrogen-bond donors (Lipinski definition) is 1. The molecule has 1 atom stereocenters. The first-order valence-electron chi connectivity index (χ1n) is 7.58. The minimum Gasteiger partial charge on any atom is -0.381 e. The molecule has 110 valence electrons. The molecular formula is C15H22N2O2S. The summed E-state index contributed by atoms with van der Waals surface area (Å²) in [6.07, 6.45) is 7.71. The van der Waals surface area contributed by atoms with Gasteiger partial charge in [-0.1, -0.05) is 13.3 Å². The van der Waals surface area contributed by atoms with Crippen molar-refractivity contribution in [1.82, 2.24) is 4.98 Å². The van der Waals surface area contributed by atoms with Gasteiger partial charge in [0, 0.05) is 30.2 Å². The number of amides is 1. The summed E-state index contributed by atoms with van der Waals surface area (Å²) in [5, 5.41) is 3.74. The Kier molecular flexibility index (Phi) is 4.36. The molecule has 1 saturated carbocycles. The summed E-state index contributed by atoms with van der Waals surface area (Å²) >= 11 is 1.62. The van der Waals surface area contributed by atoms with Crippen LogP contribution in [-0.4, -0.2) is 24.1 Å². The quantitative estimate of drug-likeness (QED) is 0.926. The summed E-state index contributed by atoms with van der Waals surface area (Å²) in [5.74, 6) is 1.36. The van der Waals surface area contributed by atoms with Crippen LogP contribution >= 0.6 is 11.3 Å². The molecule has 0 radical (unpaired) electrons. The second-order valence-electron chi connectivity index (χ2n) is 5.92. The van der Waals surface area contributed by atoms with E-state index in [-0.39, 0.29) is 11.8 Å². The van der Waals surface area contributed by atoms with Crippen molar-refractivity contribution >= 4 is 22.4 Å². The van der Waals surface area contributed by atoms with E-state index in [0.29, 0.717) is 11.8 Å². The van der Waals surface area contributed by atoms with Gasteiger partial charge in [-0.3, -0.25) is 4.79 Å². The maximum atomic E-state index is 12.2. The molecule has 1 aliphatic heterocycles. The van der Waals surface area contributed by atoms with Crippen LogP contribution in [-0.2, 0) is 9.53 Å². The van der Waals surface area contributed by atoms with E-state index in [0.717, 1.165) is 31.2 Å². The van der Waals surface area contributed by atoms with Crippen LogP contribution in [0.15, 0.2) is 6.20 Å². The molecule has 2 aliphatic rings. The molecule has 5 heteroatoms. The van der Waals surface area contributed by atoms with Crippen LogP contribution in [0.1, 0.15) is 49.8 Å². The molecule has 1 unspecified atom stereocenters. The van der Waals surface area contributed by atoms with Crippen molar-refractivity contribution < 1.29 is 9.53 Å². The van der Waals surface area contributed by atoms with Crippen molar-refractivity contribution in [1.29, 1.82) is 0 Å². The van der Waals surface area contributed by atoms with E-state index in [1.54, 1.807) is 11.3 Å². The van der Waals surface area contributed by atoms with Crippen molar-refractivity contribution in [2.45, 2.75) is 44.9 Å². The molecule has 1 N–H and O–H groups in total. The van der Waals surface area contributed by atoms with Crippen molar-refractivity contribution in [3.05, 3.63) is 11.1 Å². The number of nitrogens with one attached hydrogen (secondary N) is 1. The SMILES string of the molecule is CC(C(=O)Nc1ncc(C2CCOCC2)s1)C1CCC1. The molecular weight excluding hydrogens is 272 g/mol. The first-order chi connectivity index (χ1) is 9.74. The lowest BCUT2D eigenvalue weighted by Gasteiger charge is -2.30. The summed E-state index contributed by atoms with van der Waals surface area (Å²) < 4.78 is 5.38. The highest BCUT2D eigenvalue weighted by atomic mass is 32.1. The Hall–Kier alpha value is -0.940. The third kappa shape index (κ3) is 3.04. The summed E-state index contributed by atoms with van der Waals surface area (Å²) in [7, 11) is 0. The highest BCUT2D eigenvalue weighted by molar-refractivity contribution is 7.15. The van der Waals surface area contributed by atoms with Crippen molar-refractivity contribution in [2.75, 3.05) is 18.5 Å². The zero-order valence-electron chi connectivity index (χ0n) is 11.9. The molecule has 20 heavy (non-hydrogen) atoms. The Bertz CT molecular complexity index is 464. The Morgan fingerprint density at radius 2 is 2.15 bits per heavy atom. The summed E-state index contributed by atoms with van der Waals surface area (Å²) in [5.41, 5.74) is 0. The van der Waals surface area contributed by atoms with E-state index in [1.807, 2.05) is 13.1 Å². The minimum atomic E-state index is 0.110. The summed E-state index contributed by atoms with van der Waals surface area (Å²) in [6.45, 7) is 3.71. The molecule has 2 heterocycles. The van der Waals surface area contributed by atoms with Gasteiger partial charge in [0.1, 0.15) is 0 Å². The predicted octanol–water partition coefficient (Wildman–Crippen LogP) is 3.41. The lowest BCUT2D eigenvalue weighted by molar-refractivity contribution is -0.121. The fourth-order valence-corrected chi connectivity index (χ4v) is 3.88.